The number of pyridine rings is 1. The van der Waals surface area contributed by atoms with Crippen molar-refractivity contribution in [2.45, 2.75) is 26.3 Å². The standard InChI is InChI=1S/C18H26N8O2/c1-10(16(19)27)7-11(2)23-13-9-22-15(17(20)28)18(25-13)24-12-5-6-14(21-8-12)26(3)4/h5-6,8-11H,7H2,1-4H3,(H2,19,27)(H2,20,28)(H2,23,24,25). The quantitative estimate of drug-likeness (QED) is 0.500. The number of carbonyl (C=O) groups excluding carboxylic acids is 2. The van der Waals surface area contributed by atoms with Crippen LogP contribution in [0.15, 0.2) is 24.5 Å². The van der Waals surface area contributed by atoms with E-state index in [2.05, 4.69) is 25.6 Å². The number of hydrogen-bond donors (Lipinski definition) is 4. The molecule has 2 rings (SSSR count). The number of rotatable bonds is 9. The molecular weight excluding hydrogens is 360 g/mol. The lowest BCUT2D eigenvalue weighted by Gasteiger charge is -2.18. The van der Waals surface area contributed by atoms with Crippen LogP contribution in [0.3, 0.4) is 0 Å². The molecule has 2 amide bonds. The third kappa shape index (κ3) is 5.53. The van der Waals surface area contributed by atoms with Gasteiger partial charge in [0.2, 0.25) is 5.91 Å². The Balaban J connectivity index is 2.20. The van der Waals surface area contributed by atoms with Crippen molar-refractivity contribution < 1.29 is 9.59 Å². The van der Waals surface area contributed by atoms with Gasteiger partial charge in [-0.05, 0) is 25.5 Å². The van der Waals surface area contributed by atoms with Gasteiger partial charge in [0, 0.05) is 26.1 Å². The number of aromatic nitrogens is 3. The molecule has 2 unspecified atom stereocenters. The number of nitrogens with zero attached hydrogens (tertiary/aromatic N) is 4. The Morgan fingerprint density at radius 2 is 1.86 bits per heavy atom. The van der Waals surface area contributed by atoms with Crippen molar-refractivity contribution in [2.24, 2.45) is 17.4 Å². The van der Waals surface area contributed by atoms with Crippen molar-refractivity contribution in [3.63, 3.8) is 0 Å². The van der Waals surface area contributed by atoms with E-state index >= 15 is 0 Å². The summed E-state index contributed by atoms with van der Waals surface area (Å²) in [6.45, 7) is 3.67. The molecule has 0 saturated carbocycles. The highest BCUT2D eigenvalue weighted by molar-refractivity contribution is 5.96. The molecule has 0 aliphatic heterocycles. The molecule has 0 aromatic carbocycles. The van der Waals surface area contributed by atoms with Crippen molar-refractivity contribution in [2.75, 3.05) is 29.6 Å². The number of primary amides is 2. The van der Waals surface area contributed by atoms with E-state index in [1.165, 1.54) is 6.20 Å². The zero-order chi connectivity index (χ0) is 20.8. The molecule has 0 aliphatic carbocycles. The van der Waals surface area contributed by atoms with E-state index in [4.69, 9.17) is 11.5 Å². The first-order valence-electron chi connectivity index (χ1n) is 8.80. The second-order valence-corrected chi connectivity index (χ2v) is 6.83. The summed E-state index contributed by atoms with van der Waals surface area (Å²) in [5.74, 6) is 0.107. The molecule has 0 fully saturated rings. The van der Waals surface area contributed by atoms with Gasteiger partial charge in [0.15, 0.2) is 11.5 Å². The van der Waals surface area contributed by atoms with Crippen LogP contribution in [0.2, 0.25) is 0 Å². The zero-order valence-electron chi connectivity index (χ0n) is 16.4. The van der Waals surface area contributed by atoms with Gasteiger partial charge in [-0.25, -0.2) is 15.0 Å². The third-order valence-corrected chi connectivity index (χ3v) is 4.06. The molecule has 2 heterocycles. The fraction of sp³-hybridized carbons (Fsp3) is 0.389. The predicted molar refractivity (Wildman–Crippen MR) is 108 cm³/mol. The Hall–Kier alpha value is -3.43. The molecule has 0 radical (unpaired) electrons. The molecular formula is C18H26N8O2. The number of nitrogens with two attached hydrogens (primary N) is 2. The molecule has 0 spiro atoms. The monoisotopic (exact) mass is 386 g/mol. The molecule has 28 heavy (non-hydrogen) atoms. The third-order valence-electron chi connectivity index (χ3n) is 4.06. The van der Waals surface area contributed by atoms with Gasteiger partial charge in [-0.2, -0.15) is 0 Å². The lowest BCUT2D eigenvalue weighted by molar-refractivity contribution is -0.121. The van der Waals surface area contributed by atoms with Gasteiger partial charge in [-0.1, -0.05) is 6.92 Å². The van der Waals surface area contributed by atoms with Gasteiger partial charge in [-0.15, -0.1) is 0 Å². The number of amides is 2. The van der Waals surface area contributed by atoms with E-state index in [0.29, 0.717) is 17.9 Å². The van der Waals surface area contributed by atoms with Crippen LogP contribution in [-0.2, 0) is 4.79 Å². The fourth-order valence-corrected chi connectivity index (χ4v) is 2.55. The largest absolute Gasteiger partial charge is 0.369 e. The van der Waals surface area contributed by atoms with E-state index in [1.807, 2.05) is 38.1 Å². The van der Waals surface area contributed by atoms with Crippen LogP contribution in [0.5, 0.6) is 0 Å². The van der Waals surface area contributed by atoms with Crippen molar-refractivity contribution in [1.82, 2.24) is 15.0 Å². The average molecular weight is 386 g/mol. The van der Waals surface area contributed by atoms with Crippen LogP contribution in [0.25, 0.3) is 0 Å². The minimum absolute atomic E-state index is 0.0143. The SMILES string of the molecule is CC(CC(C)C(N)=O)Nc1cnc(C(N)=O)c(Nc2ccc(N(C)C)nc2)n1. The normalized spacial score (nSPS) is 12.7. The molecule has 2 atom stereocenters. The average Bonchev–Trinajstić information content (AvgIpc) is 2.61. The minimum atomic E-state index is -0.699. The van der Waals surface area contributed by atoms with Crippen LogP contribution >= 0.6 is 0 Å². The van der Waals surface area contributed by atoms with Crippen LogP contribution in [0.4, 0.5) is 23.1 Å². The molecule has 2 aromatic heterocycles. The van der Waals surface area contributed by atoms with Gasteiger partial charge in [-0.3, -0.25) is 9.59 Å². The van der Waals surface area contributed by atoms with E-state index in [1.54, 1.807) is 13.1 Å². The number of anilines is 4. The lowest BCUT2D eigenvalue weighted by Crippen LogP contribution is -2.27. The summed E-state index contributed by atoms with van der Waals surface area (Å²) in [4.78, 5) is 37.6. The Bertz CT molecular complexity index is 838. The Morgan fingerprint density at radius 3 is 2.39 bits per heavy atom. The van der Waals surface area contributed by atoms with E-state index in [0.717, 1.165) is 5.82 Å². The van der Waals surface area contributed by atoms with Crippen LogP contribution in [0.1, 0.15) is 30.8 Å². The number of carbonyl (C=O) groups is 2. The molecule has 2 aromatic rings. The fourth-order valence-electron chi connectivity index (χ4n) is 2.55. The molecule has 10 nitrogen and oxygen atoms in total. The summed E-state index contributed by atoms with van der Waals surface area (Å²) >= 11 is 0. The minimum Gasteiger partial charge on any atom is -0.369 e. The zero-order valence-corrected chi connectivity index (χ0v) is 16.4. The van der Waals surface area contributed by atoms with Gasteiger partial charge in [0.05, 0.1) is 18.1 Å². The Labute approximate surface area is 163 Å². The molecule has 6 N–H and O–H groups in total. The summed E-state index contributed by atoms with van der Waals surface area (Å²) in [5.41, 5.74) is 11.4. The van der Waals surface area contributed by atoms with Crippen LogP contribution in [-0.4, -0.2) is 46.9 Å². The van der Waals surface area contributed by atoms with Crippen LogP contribution in [0, 0.1) is 5.92 Å². The second-order valence-electron chi connectivity index (χ2n) is 6.83. The summed E-state index contributed by atoms with van der Waals surface area (Å²) in [6.07, 6.45) is 3.58. The van der Waals surface area contributed by atoms with Gasteiger partial charge in [0.1, 0.15) is 11.6 Å². The molecule has 0 saturated heterocycles. The predicted octanol–water partition coefficient (Wildman–Crippen LogP) is 1.09. The Morgan fingerprint density at radius 1 is 1.14 bits per heavy atom. The number of hydrogen-bond acceptors (Lipinski definition) is 8. The smallest absolute Gasteiger partial charge is 0.271 e. The second kappa shape index (κ2) is 8.98. The van der Waals surface area contributed by atoms with Gasteiger partial charge < -0.3 is 27.0 Å². The van der Waals surface area contributed by atoms with Crippen LogP contribution < -0.4 is 27.0 Å². The lowest BCUT2D eigenvalue weighted by atomic mass is 10.0. The highest BCUT2D eigenvalue weighted by Crippen LogP contribution is 2.21. The number of nitrogens with one attached hydrogen (secondary N) is 2. The highest BCUT2D eigenvalue weighted by atomic mass is 16.1. The maximum absolute atomic E-state index is 11.7. The maximum atomic E-state index is 11.7. The Kier molecular flexibility index (Phi) is 6.69. The first-order chi connectivity index (χ1) is 13.2. The summed E-state index contributed by atoms with van der Waals surface area (Å²) < 4.78 is 0. The molecule has 0 bridgehead atoms. The highest BCUT2D eigenvalue weighted by Gasteiger charge is 2.17. The first-order valence-corrected chi connectivity index (χ1v) is 8.80. The summed E-state index contributed by atoms with van der Waals surface area (Å²) in [5, 5.41) is 6.17. The van der Waals surface area contributed by atoms with E-state index < -0.39 is 5.91 Å². The van der Waals surface area contributed by atoms with E-state index in [-0.39, 0.29) is 29.4 Å². The summed E-state index contributed by atoms with van der Waals surface area (Å²) in [7, 11) is 3.78. The topological polar surface area (TPSA) is 152 Å². The molecule has 10 heteroatoms. The van der Waals surface area contributed by atoms with E-state index in [9.17, 15) is 9.59 Å². The van der Waals surface area contributed by atoms with Crippen molar-refractivity contribution >= 4 is 35.0 Å². The summed E-state index contributed by atoms with van der Waals surface area (Å²) in [6, 6.07) is 3.56. The first kappa shape index (κ1) is 20.9. The van der Waals surface area contributed by atoms with Crippen molar-refractivity contribution in [3.8, 4) is 0 Å². The molecule has 0 aliphatic rings. The van der Waals surface area contributed by atoms with Gasteiger partial charge in [0.25, 0.3) is 5.91 Å². The maximum Gasteiger partial charge on any atom is 0.271 e. The van der Waals surface area contributed by atoms with Crippen molar-refractivity contribution in [1.29, 1.82) is 0 Å². The molecule has 150 valence electrons. The van der Waals surface area contributed by atoms with Crippen molar-refractivity contribution in [3.05, 3.63) is 30.2 Å². The van der Waals surface area contributed by atoms with Gasteiger partial charge >= 0.3 is 0 Å².